The van der Waals surface area contributed by atoms with E-state index in [4.69, 9.17) is 15.9 Å². The van der Waals surface area contributed by atoms with Gasteiger partial charge >= 0.3 is 5.97 Å². The number of nitrogens with zero attached hydrogens (tertiary/aromatic N) is 3. The van der Waals surface area contributed by atoms with Crippen LogP contribution in [0.2, 0.25) is 0 Å². The monoisotopic (exact) mass is 523 g/mol. The molecule has 8 nitrogen and oxygen atoms in total. The number of rotatable bonds is 12. The van der Waals surface area contributed by atoms with E-state index in [0.717, 1.165) is 93.9 Å². The topological polar surface area (TPSA) is 105 Å². The van der Waals surface area contributed by atoms with Crippen molar-refractivity contribution in [1.29, 1.82) is 5.41 Å². The first-order chi connectivity index (χ1) is 18.4. The SMILES string of the molecule is CCCCC(C(=O)OCC)N1CCC[C@@H]1C(=O)N1CCC[C@H]1CCc1cc2ccc(C(=N)N)cc2n1CC. The first-order valence-electron chi connectivity index (χ1n) is 14.6. The molecule has 4 rings (SSSR count). The van der Waals surface area contributed by atoms with Gasteiger partial charge in [0.15, 0.2) is 0 Å². The van der Waals surface area contributed by atoms with Gasteiger partial charge in [0.05, 0.1) is 12.6 Å². The molecule has 0 saturated carbocycles. The Kier molecular flexibility index (Phi) is 9.47. The van der Waals surface area contributed by atoms with Crippen LogP contribution in [-0.4, -0.2) is 69.9 Å². The van der Waals surface area contributed by atoms with Crippen molar-refractivity contribution in [1.82, 2.24) is 14.4 Å². The first kappa shape index (κ1) is 28.1. The second-order valence-electron chi connectivity index (χ2n) is 10.7. The van der Waals surface area contributed by atoms with Gasteiger partial charge in [0, 0.05) is 35.9 Å². The molecule has 208 valence electrons. The van der Waals surface area contributed by atoms with E-state index in [1.807, 2.05) is 25.1 Å². The Bertz CT molecular complexity index is 1140. The van der Waals surface area contributed by atoms with Crippen LogP contribution in [0.5, 0.6) is 0 Å². The maximum Gasteiger partial charge on any atom is 0.323 e. The highest BCUT2D eigenvalue weighted by atomic mass is 16.5. The van der Waals surface area contributed by atoms with Gasteiger partial charge in [-0.2, -0.15) is 0 Å². The molecule has 2 aromatic rings. The number of benzene rings is 1. The van der Waals surface area contributed by atoms with Crippen molar-refractivity contribution in [2.24, 2.45) is 5.73 Å². The maximum absolute atomic E-state index is 13.9. The molecule has 0 spiro atoms. The lowest BCUT2D eigenvalue weighted by atomic mass is 10.0. The summed E-state index contributed by atoms with van der Waals surface area (Å²) in [5.74, 6) is 0.0927. The standard InChI is InChI=1S/C30H45N5O3/c1-4-7-11-26(30(37)38-6-3)35-18-9-12-25(35)29(36)34-17-8-10-23(34)15-16-24-19-21-13-14-22(28(31)32)20-27(21)33(24)5-2/h13-14,19-20,23,25-26H,4-12,15-18H2,1-3H3,(H3,31,32)/t23-,25+,26?/m0/s1. The first-order valence-corrected chi connectivity index (χ1v) is 14.6. The molecule has 2 aliphatic heterocycles. The Morgan fingerprint density at radius 2 is 1.92 bits per heavy atom. The average molecular weight is 524 g/mol. The lowest BCUT2D eigenvalue weighted by molar-refractivity contribution is -0.152. The number of esters is 1. The van der Waals surface area contributed by atoms with Crippen LogP contribution < -0.4 is 5.73 Å². The van der Waals surface area contributed by atoms with Crippen molar-refractivity contribution in [2.45, 2.75) is 103 Å². The number of amidine groups is 1. The number of hydrogen-bond donors (Lipinski definition) is 2. The zero-order chi connectivity index (χ0) is 27.2. The molecule has 38 heavy (non-hydrogen) atoms. The van der Waals surface area contributed by atoms with Crippen LogP contribution in [0.25, 0.3) is 10.9 Å². The molecule has 1 unspecified atom stereocenters. The number of aromatic nitrogens is 1. The van der Waals surface area contributed by atoms with Crippen LogP contribution in [0.3, 0.4) is 0 Å². The van der Waals surface area contributed by atoms with Gasteiger partial charge in [0.2, 0.25) is 5.91 Å². The second-order valence-corrected chi connectivity index (χ2v) is 10.7. The molecule has 2 fully saturated rings. The molecule has 3 atom stereocenters. The Balaban J connectivity index is 1.47. The minimum atomic E-state index is -0.326. The van der Waals surface area contributed by atoms with E-state index in [-0.39, 0.29) is 35.8 Å². The molecule has 2 saturated heterocycles. The van der Waals surface area contributed by atoms with Crippen molar-refractivity contribution in [3.63, 3.8) is 0 Å². The summed E-state index contributed by atoms with van der Waals surface area (Å²) in [7, 11) is 0. The van der Waals surface area contributed by atoms with Crippen LogP contribution in [0.1, 0.15) is 83.4 Å². The molecule has 1 aromatic carbocycles. The van der Waals surface area contributed by atoms with Gasteiger partial charge in [-0.25, -0.2) is 0 Å². The number of ether oxygens (including phenoxy) is 1. The van der Waals surface area contributed by atoms with Gasteiger partial charge in [-0.15, -0.1) is 0 Å². The Morgan fingerprint density at radius 1 is 1.13 bits per heavy atom. The smallest absolute Gasteiger partial charge is 0.323 e. The fraction of sp³-hybridized carbons (Fsp3) is 0.633. The summed E-state index contributed by atoms with van der Waals surface area (Å²) >= 11 is 0. The van der Waals surface area contributed by atoms with E-state index in [0.29, 0.717) is 6.61 Å². The highest BCUT2D eigenvalue weighted by molar-refractivity contribution is 5.98. The molecule has 3 N–H and O–H groups in total. The summed E-state index contributed by atoms with van der Waals surface area (Å²) in [4.78, 5) is 31.0. The Morgan fingerprint density at radius 3 is 2.63 bits per heavy atom. The highest BCUT2D eigenvalue weighted by Gasteiger charge is 2.42. The fourth-order valence-electron chi connectivity index (χ4n) is 6.47. The Labute approximate surface area is 227 Å². The molecule has 0 aliphatic carbocycles. The van der Waals surface area contributed by atoms with Gasteiger partial charge in [-0.1, -0.05) is 31.9 Å². The van der Waals surface area contributed by atoms with E-state index in [1.54, 1.807) is 0 Å². The number of amides is 1. The molecule has 1 aromatic heterocycles. The van der Waals surface area contributed by atoms with Crippen molar-refractivity contribution in [2.75, 3.05) is 19.7 Å². The second kappa shape index (κ2) is 12.8. The number of carbonyl (C=O) groups excluding carboxylic acids is 2. The van der Waals surface area contributed by atoms with Crippen molar-refractivity contribution >= 4 is 28.6 Å². The average Bonchev–Trinajstić information content (AvgIpc) is 3.65. The van der Waals surface area contributed by atoms with E-state index < -0.39 is 0 Å². The quantitative estimate of drug-likeness (QED) is 0.243. The summed E-state index contributed by atoms with van der Waals surface area (Å²) in [6, 6.07) is 7.85. The molecule has 0 radical (unpaired) electrons. The van der Waals surface area contributed by atoms with Crippen LogP contribution in [0.4, 0.5) is 0 Å². The van der Waals surface area contributed by atoms with E-state index in [2.05, 4.69) is 34.3 Å². The number of aryl methyl sites for hydroxylation is 2. The summed E-state index contributed by atoms with van der Waals surface area (Å²) in [6.07, 6.45) is 8.33. The molecule has 2 aliphatic rings. The molecule has 8 heteroatoms. The molecule has 3 heterocycles. The number of nitrogens with two attached hydrogens (primary N) is 1. The van der Waals surface area contributed by atoms with Crippen molar-refractivity contribution in [3.05, 3.63) is 35.5 Å². The molecule has 0 bridgehead atoms. The number of nitrogens with one attached hydrogen (secondary N) is 1. The zero-order valence-corrected chi connectivity index (χ0v) is 23.4. The number of likely N-dealkylation sites (tertiary alicyclic amines) is 2. The molecular weight excluding hydrogens is 478 g/mol. The molecule has 1 amide bonds. The van der Waals surface area contributed by atoms with Gasteiger partial charge < -0.3 is 19.9 Å². The number of nitrogen functional groups attached to an aromatic ring is 1. The third kappa shape index (κ3) is 5.90. The zero-order valence-electron chi connectivity index (χ0n) is 23.4. The lowest BCUT2D eigenvalue weighted by Crippen LogP contribution is -2.53. The van der Waals surface area contributed by atoms with Gasteiger partial charge in [-0.05, 0) is 82.9 Å². The number of unbranched alkanes of at least 4 members (excludes halogenated alkanes) is 1. The summed E-state index contributed by atoms with van der Waals surface area (Å²) in [5.41, 5.74) is 8.83. The van der Waals surface area contributed by atoms with Gasteiger partial charge in [0.1, 0.15) is 11.9 Å². The van der Waals surface area contributed by atoms with Crippen LogP contribution in [0.15, 0.2) is 24.3 Å². The number of hydrogen-bond acceptors (Lipinski definition) is 5. The van der Waals surface area contributed by atoms with E-state index in [1.165, 1.54) is 5.69 Å². The third-order valence-corrected chi connectivity index (χ3v) is 8.38. The van der Waals surface area contributed by atoms with Crippen molar-refractivity contribution < 1.29 is 14.3 Å². The molecular formula is C30H45N5O3. The van der Waals surface area contributed by atoms with Crippen LogP contribution in [0, 0.1) is 5.41 Å². The summed E-state index contributed by atoms with van der Waals surface area (Å²) in [6.45, 7) is 8.90. The summed E-state index contributed by atoms with van der Waals surface area (Å²) < 4.78 is 7.72. The van der Waals surface area contributed by atoms with Crippen LogP contribution in [-0.2, 0) is 27.3 Å². The predicted molar refractivity (Wildman–Crippen MR) is 151 cm³/mol. The fourth-order valence-corrected chi connectivity index (χ4v) is 6.47. The predicted octanol–water partition coefficient (Wildman–Crippen LogP) is 4.46. The largest absolute Gasteiger partial charge is 0.465 e. The van der Waals surface area contributed by atoms with Gasteiger partial charge in [-0.3, -0.25) is 19.9 Å². The lowest BCUT2D eigenvalue weighted by Gasteiger charge is -2.35. The number of fused-ring (bicyclic) bond motifs is 1. The maximum atomic E-state index is 13.9. The third-order valence-electron chi connectivity index (χ3n) is 8.38. The van der Waals surface area contributed by atoms with Gasteiger partial charge in [0.25, 0.3) is 0 Å². The summed E-state index contributed by atoms with van der Waals surface area (Å²) in [5, 5.41) is 8.95. The normalized spacial score (nSPS) is 20.8. The van der Waals surface area contributed by atoms with Crippen LogP contribution >= 0.6 is 0 Å². The Hall–Kier alpha value is -2.87. The van der Waals surface area contributed by atoms with Crippen molar-refractivity contribution in [3.8, 4) is 0 Å². The minimum Gasteiger partial charge on any atom is -0.465 e. The highest BCUT2D eigenvalue weighted by Crippen LogP contribution is 2.30. The van der Waals surface area contributed by atoms with E-state index in [9.17, 15) is 9.59 Å². The number of carbonyl (C=O) groups is 2. The minimum absolute atomic E-state index is 0.0817. The van der Waals surface area contributed by atoms with E-state index >= 15 is 0 Å².